The normalized spacial score (nSPS) is 33.6. The first-order chi connectivity index (χ1) is 14.0. The molecule has 2 heteroatoms. The van der Waals surface area contributed by atoms with Crippen molar-refractivity contribution in [3.05, 3.63) is 0 Å². The maximum absolute atomic E-state index is 10.3. The first-order valence-corrected chi connectivity index (χ1v) is 11.9. The van der Waals surface area contributed by atoms with E-state index in [0.717, 1.165) is 24.2 Å². The van der Waals surface area contributed by atoms with Gasteiger partial charge in [-0.1, -0.05) is 67.2 Å². The number of nitrogens with two attached hydrogens (primary N) is 1. The van der Waals surface area contributed by atoms with Gasteiger partial charge < -0.3 is 10.8 Å². The second-order valence-electron chi connectivity index (χ2n) is 8.32. The summed E-state index contributed by atoms with van der Waals surface area (Å²) in [4.78, 5) is 0. The monoisotopic (exact) mass is 407 g/mol. The van der Waals surface area contributed by atoms with Gasteiger partial charge in [-0.2, -0.15) is 0 Å². The van der Waals surface area contributed by atoms with Gasteiger partial charge in [-0.25, -0.2) is 0 Å². The van der Waals surface area contributed by atoms with E-state index in [1.807, 2.05) is 13.8 Å². The maximum Gasteiger partial charge on any atom is 0.0571 e. The van der Waals surface area contributed by atoms with Gasteiger partial charge in [0.2, 0.25) is 0 Å². The summed E-state index contributed by atoms with van der Waals surface area (Å²) in [6, 6.07) is 0. The third kappa shape index (κ3) is 10.1. The lowest BCUT2D eigenvalue weighted by atomic mass is 9.47. The Morgan fingerprint density at radius 2 is 1.45 bits per heavy atom. The summed E-state index contributed by atoms with van der Waals surface area (Å²) in [6.45, 7) is 14.9. The molecule has 0 amide bonds. The SMILES string of the molecule is C#C.C#CC.CC.CCC.CN.C[C@H]1CCC[C@@]2(C)[C@@H]3CCC[C@@H](O)C3CC[C@H]12. The van der Waals surface area contributed by atoms with Crippen LogP contribution in [0.5, 0.6) is 0 Å². The lowest BCUT2D eigenvalue weighted by Gasteiger charge is -2.58. The van der Waals surface area contributed by atoms with Gasteiger partial charge in [0.25, 0.3) is 0 Å². The van der Waals surface area contributed by atoms with Crippen molar-refractivity contribution in [2.24, 2.45) is 34.8 Å². The molecular formula is C27H53NO. The van der Waals surface area contributed by atoms with Crippen molar-refractivity contribution in [3.63, 3.8) is 0 Å². The highest BCUT2D eigenvalue weighted by Crippen LogP contribution is 2.60. The summed E-state index contributed by atoms with van der Waals surface area (Å²) in [7, 11) is 1.50. The van der Waals surface area contributed by atoms with Crippen LogP contribution in [0.1, 0.15) is 106 Å². The van der Waals surface area contributed by atoms with Crippen molar-refractivity contribution >= 4 is 0 Å². The van der Waals surface area contributed by atoms with Crippen molar-refractivity contribution in [2.45, 2.75) is 112 Å². The summed E-state index contributed by atoms with van der Waals surface area (Å²) in [5.74, 6) is 5.58. The quantitative estimate of drug-likeness (QED) is 0.429. The molecule has 0 radical (unpaired) electrons. The van der Waals surface area contributed by atoms with Gasteiger partial charge in [-0.15, -0.1) is 25.2 Å². The number of fused-ring (bicyclic) bond motifs is 3. The number of hydrogen-bond acceptors (Lipinski definition) is 2. The van der Waals surface area contributed by atoms with E-state index in [1.165, 1.54) is 58.4 Å². The lowest BCUT2D eigenvalue weighted by Crippen LogP contribution is -2.52. The molecule has 3 aliphatic rings. The molecule has 0 aromatic carbocycles. The van der Waals surface area contributed by atoms with Gasteiger partial charge in [0.1, 0.15) is 0 Å². The van der Waals surface area contributed by atoms with Crippen molar-refractivity contribution in [1.82, 2.24) is 0 Å². The summed E-state index contributed by atoms with van der Waals surface area (Å²) in [5.41, 5.74) is 5.06. The Labute approximate surface area is 184 Å². The third-order valence-corrected chi connectivity index (χ3v) is 6.59. The van der Waals surface area contributed by atoms with Crippen LogP contribution < -0.4 is 5.73 Å². The van der Waals surface area contributed by atoms with Crippen LogP contribution >= 0.6 is 0 Å². The number of aliphatic hydroxyl groups is 1. The largest absolute Gasteiger partial charge is 0.393 e. The summed E-state index contributed by atoms with van der Waals surface area (Å²) in [6.07, 6.45) is 24.6. The highest BCUT2D eigenvalue weighted by molar-refractivity contribution is 5.02. The van der Waals surface area contributed by atoms with Crippen molar-refractivity contribution in [2.75, 3.05) is 7.05 Å². The highest BCUT2D eigenvalue weighted by Gasteiger charge is 2.53. The fourth-order valence-electron chi connectivity index (χ4n) is 5.74. The molecule has 0 heterocycles. The van der Waals surface area contributed by atoms with Gasteiger partial charge in [0, 0.05) is 0 Å². The van der Waals surface area contributed by atoms with Crippen molar-refractivity contribution in [3.8, 4) is 25.2 Å². The number of aliphatic hydroxyl groups excluding tert-OH is 1. The van der Waals surface area contributed by atoms with Crippen LogP contribution in [0.4, 0.5) is 0 Å². The van der Waals surface area contributed by atoms with E-state index >= 15 is 0 Å². The van der Waals surface area contributed by atoms with Crippen LogP contribution in [-0.4, -0.2) is 18.3 Å². The number of hydrogen-bond donors (Lipinski definition) is 2. The molecule has 0 aromatic rings. The minimum absolute atomic E-state index is 0.0174. The standard InChI is InChI=1S/C16H28O.C3H8.C3H4.C2H6.C2H2.CH5N/c1-11-5-4-10-16(2)13(11)9-8-12-14(16)6-3-7-15(12)17;2*1-3-2;3*1-2/h11-15,17H,3-10H2,1-2H3;3H2,1-2H3;1H,2H3;1-2H3;1-2H;2H2,1H3/t11-,12?,13+,14+,15+,16+;;;;;/m0...../s1. The first-order valence-electron chi connectivity index (χ1n) is 11.9. The van der Waals surface area contributed by atoms with E-state index in [-0.39, 0.29) is 6.10 Å². The molecule has 1 unspecified atom stereocenters. The van der Waals surface area contributed by atoms with Crippen molar-refractivity contribution in [1.29, 1.82) is 0 Å². The zero-order valence-corrected chi connectivity index (χ0v) is 21.0. The molecule has 3 saturated carbocycles. The Morgan fingerprint density at radius 3 is 1.93 bits per heavy atom. The van der Waals surface area contributed by atoms with E-state index in [2.05, 4.69) is 58.6 Å². The number of terminal acetylenes is 2. The van der Waals surface area contributed by atoms with Crippen LogP contribution in [0.25, 0.3) is 0 Å². The van der Waals surface area contributed by atoms with Crippen LogP contribution in [0.2, 0.25) is 0 Å². The fraction of sp³-hybridized carbons (Fsp3) is 0.852. The van der Waals surface area contributed by atoms with E-state index in [0.29, 0.717) is 11.3 Å². The highest BCUT2D eigenvalue weighted by atomic mass is 16.3. The zero-order chi connectivity index (χ0) is 23.5. The maximum atomic E-state index is 10.3. The third-order valence-electron chi connectivity index (χ3n) is 6.59. The predicted molar refractivity (Wildman–Crippen MR) is 133 cm³/mol. The lowest BCUT2D eigenvalue weighted by molar-refractivity contribution is -0.114. The van der Waals surface area contributed by atoms with Gasteiger partial charge >= 0.3 is 0 Å². The summed E-state index contributed by atoms with van der Waals surface area (Å²) >= 11 is 0. The average molecular weight is 408 g/mol. The van der Waals surface area contributed by atoms with Gasteiger partial charge in [-0.05, 0) is 75.2 Å². The molecule has 2 nitrogen and oxygen atoms in total. The molecule has 3 aliphatic carbocycles. The molecule has 172 valence electrons. The van der Waals surface area contributed by atoms with E-state index < -0.39 is 0 Å². The van der Waals surface area contributed by atoms with Gasteiger partial charge in [-0.3, -0.25) is 0 Å². The van der Waals surface area contributed by atoms with Crippen LogP contribution in [0.15, 0.2) is 0 Å². The topological polar surface area (TPSA) is 46.2 Å². The molecule has 0 spiro atoms. The Bertz CT molecular complexity index is 410. The molecule has 29 heavy (non-hydrogen) atoms. The minimum Gasteiger partial charge on any atom is -0.393 e. The molecule has 0 bridgehead atoms. The Hall–Kier alpha value is -0.960. The Balaban J connectivity index is -0.000000481. The first kappa shape index (κ1) is 32.7. The van der Waals surface area contributed by atoms with E-state index in [1.54, 1.807) is 6.92 Å². The smallest absolute Gasteiger partial charge is 0.0571 e. The van der Waals surface area contributed by atoms with E-state index in [9.17, 15) is 5.11 Å². The molecule has 3 N–H and O–H groups in total. The number of rotatable bonds is 0. The average Bonchev–Trinajstić information content (AvgIpc) is 2.74. The predicted octanol–water partition coefficient (Wildman–Crippen LogP) is 6.91. The fourth-order valence-corrected chi connectivity index (χ4v) is 5.74. The van der Waals surface area contributed by atoms with Crippen LogP contribution in [-0.2, 0) is 0 Å². The van der Waals surface area contributed by atoms with Gasteiger partial charge in [0.15, 0.2) is 0 Å². The molecule has 6 atom stereocenters. The molecular weight excluding hydrogens is 354 g/mol. The molecule has 0 aromatic heterocycles. The molecule has 3 fully saturated rings. The second-order valence-corrected chi connectivity index (χ2v) is 8.32. The Kier molecular flexibility index (Phi) is 22.9. The van der Waals surface area contributed by atoms with Crippen LogP contribution in [0, 0.1) is 54.3 Å². The molecule has 3 rings (SSSR count). The molecule has 0 aliphatic heterocycles. The second kappa shape index (κ2) is 20.3. The zero-order valence-electron chi connectivity index (χ0n) is 21.0. The summed E-state index contributed by atoms with van der Waals surface area (Å²) in [5, 5.41) is 10.3. The van der Waals surface area contributed by atoms with Crippen molar-refractivity contribution < 1.29 is 5.11 Å². The summed E-state index contributed by atoms with van der Waals surface area (Å²) < 4.78 is 0. The molecule has 0 saturated heterocycles. The van der Waals surface area contributed by atoms with Gasteiger partial charge in [0.05, 0.1) is 6.10 Å². The minimum atomic E-state index is 0.0174. The van der Waals surface area contributed by atoms with Crippen LogP contribution in [0.3, 0.4) is 0 Å². The Morgan fingerprint density at radius 1 is 0.966 bits per heavy atom. The van der Waals surface area contributed by atoms with E-state index in [4.69, 9.17) is 0 Å².